The molecule has 0 saturated carbocycles. The molecule has 0 bridgehead atoms. The van der Waals surface area contributed by atoms with Crippen molar-refractivity contribution in [2.24, 2.45) is 0 Å². The number of nitrogens with zero attached hydrogens (tertiary/aromatic N) is 2. The van der Waals surface area contributed by atoms with Gasteiger partial charge in [-0.2, -0.15) is 0 Å². The van der Waals surface area contributed by atoms with Gasteiger partial charge in [-0.25, -0.2) is 8.42 Å². The van der Waals surface area contributed by atoms with E-state index in [2.05, 4.69) is 5.32 Å². The number of hydrogen-bond acceptors (Lipinski definition) is 5. The molecule has 1 N–H and O–H groups in total. The zero-order valence-electron chi connectivity index (χ0n) is 21.5. The van der Waals surface area contributed by atoms with Crippen LogP contribution in [0.5, 0.6) is 5.75 Å². The van der Waals surface area contributed by atoms with Crippen LogP contribution in [0.1, 0.15) is 45.6 Å². The maximum Gasteiger partial charge on any atom is 0.243 e. The SMILES string of the molecule is CCC(C(=O)NC(C)C)N(Cc1cccc(OC)c1)C(=O)CCCN(c1cccc(Cl)c1)S(C)(=O)=O. The van der Waals surface area contributed by atoms with E-state index in [-0.39, 0.29) is 43.8 Å². The van der Waals surface area contributed by atoms with Gasteiger partial charge in [0, 0.05) is 30.6 Å². The molecule has 0 aromatic heterocycles. The van der Waals surface area contributed by atoms with Crippen LogP contribution in [0.3, 0.4) is 0 Å². The fourth-order valence-corrected chi connectivity index (χ4v) is 5.04. The van der Waals surface area contributed by atoms with Crippen molar-refractivity contribution < 1.29 is 22.7 Å². The minimum atomic E-state index is -3.59. The van der Waals surface area contributed by atoms with Crippen molar-refractivity contribution in [3.63, 3.8) is 0 Å². The Labute approximate surface area is 219 Å². The lowest BCUT2D eigenvalue weighted by Gasteiger charge is -2.31. The third-order valence-electron chi connectivity index (χ3n) is 5.55. The first-order valence-electron chi connectivity index (χ1n) is 11.9. The first-order chi connectivity index (χ1) is 17.0. The molecule has 1 unspecified atom stereocenters. The molecule has 0 aliphatic carbocycles. The van der Waals surface area contributed by atoms with Gasteiger partial charge in [0.05, 0.1) is 19.1 Å². The highest BCUT2D eigenvalue weighted by Gasteiger charge is 2.29. The van der Waals surface area contributed by atoms with E-state index in [4.69, 9.17) is 16.3 Å². The normalized spacial score (nSPS) is 12.2. The van der Waals surface area contributed by atoms with Crippen LogP contribution < -0.4 is 14.4 Å². The van der Waals surface area contributed by atoms with Crippen LogP contribution in [-0.4, -0.2) is 57.1 Å². The van der Waals surface area contributed by atoms with Crippen molar-refractivity contribution in [2.75, 3.05) is 24.2 Å². The zero-order valence-corrected chi connectivity index (χ0v) is 23.1. The molecule has 0 aliphatic heterocycles. The van der Waals surface area contributed by atoms with E-state index in [1.807, 2.05) is 45.0 Å². The molecular weight excluding hydrogens is 502 g/mol. The largest absolute Gasteiger partial charge is 0.497 e. The Morgan fingerprint density at radius 1 is 1.11 bits per heavy atom. The average molecular weight is 538 g/mol. The van der Waals surface area contributed by atoms with Crippen molar-refractivity contribution in [3.05, 3.63) is 59.1 Å². The molecular formula is C26H36ClN3O5S. The predicted molar refractivity (Wildman–Crippen MR) is 144 cm³/mol. The summed E-state index contributed by atoms with van der Waals surface area (Å²) >= 11 is 6.05. The standard InChI is InChI=1S/C26H36ClN3O5S/c1-6-24(26(32)28-19(2)3)29(18-20-10-7-13-23(16-20)35-4)25(31)14-9-15-30(36(5,33)34)22-12-8-11-21(27)17-22/h7-8,10-13,16-17,19,24H,6,9,14-15,18H2,1-5H3,(H,28,32). The van der Waals surface area contributed by atoms with Gasteiger partial charge >= 0.3 is 0 Å². The minimum absolute atomic E-state index is 0.0682. The number of sulfonamides is 1. The Morgan fingerprint density at radius 2 is 1.81 bits per heavy atom. The van der Waals surface area contributed by atoms with Crippen LogP contribution >= 0.6 is 11.6 Å². The molecule has 36 heavy (non-hydrogen) atoms. The summed E-state index contributed by atoms with van der Waals surface area (Å²) < 4.78 is 31.4. The number of nitrogens with one attached hydrogen (secondary N) is 1. The lowest BCUT2D eigenvalue weighted by atomic mass is 10.1. The van der Waals surface area contributed by atoms with E-state index in [1.54, 1.807) is 36.3 Å². The van der Waals surface area contributed by atoms with E-state index in [1.165, 1.54) is 4.31 Å². The van der Waals surface area contributed by atoms with E-state index in [9.17, 15) is 18.0 Å². The highest BCUT2D eigenvalue weighted by atomic mass is 35.5. The van der Waals surface area contributed by atoms with Gasteiger partial charge in [-0.1, -0.05) is 36.7 Å². The van der Waals surface area contributed by atoms with Crippen molar-refractivity contribution >= 4 is 39.1 Å². The third-order valence-corrected chi connectivity index (χ3v) is 6.98. The summed E-state index contributed by atoms with van der Waals surface area (Å²) in [5.74, 6) is 0.202. The quantitative estimate of drug-likeness (QED) is 0.412. The zero-order chi connectivity index (χ0) is 26.9. The molecule has 0 aliphatic rings. The molecule has 0 spiro atoms. The number of benzene rings is 2. The van der Waals surface area contributed by atoms with Gasteiger partial charge in [0.25, 0.3) is 0 Å². The van der Waals surface area contributed by atoms with Crippen molar-refractivity contribution in [2.45, 2.75) is 58.7 Å². The summed E-state index contributed by atoms with van der Waals surface area (Å²) in [6.45, 7) is 5.93. The topological polar surface area (TPSA) is 96.0 Å². The third kappa shape index (κ3) is 8.71. The number of anilines is 1. The number of carbonyl (C=O) groups is 2. The van der Waals surface area contributed by atoms with Crippen molar-refractivity contribution in [1.29, 1.82) is 0 Å². The summed E-state index contributed by atoms with van der Waals surface area (Å²) in [6.07, 6.45) is 1.90. The first-order valence-corrected chi connectivity index (χ1v) is 14.1. The number of halogens is 1. The fourth-order valence-electron chi connectivity index (χ4n) is 3.90. The summed E-state index contributed by atoms with van der Waals surface area (Å²) in [7, 11) is -2.02. The second kappa shape index (κ2) is 13.5. The number of rotatable bonds is 13. The molecule has 2 amide bonds. The van der Waals surface area contributed by atoms with E-state index in [0.717, 1.165) is 11.8 Å². The lowest BCUT2D eigenvalue weighted by molar-refractivity contribution is -0.141. The van der Waals surface area contributed by atoms with Crippen molar-refractivity contribution in [1.82, 2.24) is 10.2 Å². The molecule has 10 heteroatoms. The van der Waals surface area contributed by atoms with Crippen LogP contribution in [0.2, 0.25) is 5.02 Å². The number of methoxy groups -OCH3 is 1. The summed E-state index contributed by atoms with van der Waals surface area (Å²) in [5, 5.41) is 3.32. The summed E-state index contributed by atoms with van der Waals surface area (Å²) in [5.41, 5.74) is 1.27. The number of amides is 2. The molecule has 2 aromatic rings. The summed E-state index contributed by atoms with van der Waals surface area (Å²) in [6, 6.07) is 13.2. The van der Waals surface area contributed by atoms with Crippen LogP contribution in [0, 0.1) is 0 Å². The van der Waals surface area contributed by atoms with Gasteiger partial charge in [0.1, 0.15) is 11.8 Å². The highest BCUT2D eigenvalue weighted by Crippen LogP contribution is 2.23. The number of carbonyl (C=O) groups excluding carboxylic acids is 2. The van der Waals surface area contributed by atoms with Gasteiger partial charge in [0.15, 0.2) is 0 Å². The van der Waals surface area contributed by atoms with E-state index >= 15 is 0 Å². The van der Waals surface area contributed by atoms with Gasteiger partial charge in [0.2, 0.25) is 21.8 Å². The van der Waals surface area contributed by atoms with Crippen LogP contribution in [0.15, 0.2) is 48.5 Å². The van der Waals surface area contributed by atoms with Gasteiger partial charge in [-0.3, -0.25) is 13.9 Å². The highest BCUT2D eigenvalue weighted by molar-refractivity contribution is 7.92. The lowest BCUT2D eigenvalue weighted by Crippen LogP contribution is -2.50. The fraction of sp³-hybridized carbons (Fsp3) is 0.462. The Bertz CT molecular complexity index is 1140. The van der Waals surface area contributed by atoms with Crippen LogP contribution in [0.25, 0.3) is 0 Å². The molecule has 0 radical (unpaired) electrons. The average Bonchev–Trinajstić information content (AvgIpc) is 2.80. The van der Waals surface area contributed by atoms with Gasteiger partial charge < -0.3 is 15.0 Å². The Balaban J connectivity index is 2.24. The predicted octanol–water partition coefficient (Wildman–Crippen LogP) is 4.23. The van der Waals surface area contributed by atoms with E-state index in [0.29, 0.717) is 22.9 Å². The molecule has 0 fully saturated rings. The molecule has 2 rings (SSSR count). The smallest absolute Gasteiger partial charge is 0.243 e. The molecule has 1 atom stereocenters. The minimum Gasteiger partial charge on any atom is -0.497 e. The number of hydrogen-bond donors (Lipinski definition) is 1. The van der Waals surface area contributed by atoms with Gasteiger partial charge in [-0.15, -0.1) is 0 Å². The Kier molecular flexibility index (Phi) is 11.0. The molecule has 0 heterocycles. The van der Waals surface area contributed by atoms with Crippen LogP contribution in [0.4, 0.5) is 5.69 Å². The van der Waals surface area contributed by atoms with E-state index < -0.39 is 16.1 Å². The monoisotopic (exact) mass is 537 g/mol. The first kappa shape index (κ1) is 29.5. The Hall–Kier alpha value is -2.78. The molecule has 8 nitrogen and oxygen atoms in total. The molecule has 198 valence electrons. The molecule has 0 saturated heterocycles. The Morgan fingerprint density at radius 3 is 2.39 bits per heavy atom. The second-order valence-corrected chi connectivity index (χ2v) is 11.2. The number of ether oxygens (including phenoxy) is 1. The maximum absolute atomic E-state index is 13.4. The summed E-state index contributed by atoms with van der Waals surface area (Å²) in [4.78, 5) is 28.0. The van der Waals surface area contributed by atoms with Crippen molar-refractivity contribution in [3.8, 4) is 5.75 Å². The van der Waals surface area contributed by atoms with Crippen LogP contribution in [-0.2, 0) is 26.2 Å². The second-order valence-electron chi connectivity index (χ2n) is 8.88. The van der Waals surface area contributed by atoms with Gasteiger partial charge in [-0.05, 0) is 62.6 Å². The molecule has 2 aromatic carbocycles. The maximum atomic E-state index is 13.4.